The van der Waals surface area contributed by atoms with Crippen LogP contribution in [0.3, 0.4) is 0 Å². The molecule has 0 atom stereocenters. The summed E-state index contributed by atoms with van der Waals surface area (Å²) in [5, 5.41) is 18.2. The quantitative estimate of drug-likeness (QED) is 0.879. The first-order valence-electron chi connectivity index (χ1n) is 8.58. The van der Waals surface area contributed by atoms with Crippen molar-refractivity contribution >= 4 is 11.9 Å². The van der Waals surface area contributed by atoms with Gasteiger partial charge in [0.1, 0.15) is 12.6 Å². The lowest BCUT2D eigenvalue weighted by molar-refractivity contribution is -0.120. The van der Waals surface area contributed by atoms with Crippen molar-refractivity contribution in [1.82, 2.24) is 20.4 Å². The molecular formula is C17H21N5O2. The summed E-state index contributed by atoms with van der Waals surface area (Å²) in [7, 11) is 0. The number of nitrogens with zero attached hydrogens (tertiary/aromatic N) is 3. The molecule has 0 radical (unpaired) electrons. The first kappa shape index (κ1) is 15.2. The summed E-state index contributed by atoms with van der Waals surface area (Å²) in [4.78, 5) is 24.3. The Kier molecular flexibility index (Phi) is 3.56. The molecule has 5 rings (SSSR count). The topological polar surface area (TPSA) is 99.8 Å². The van der Waals surface area contributed by atoms with Gasteiger partial charge in [0, 0.05) is 11.7 Å². The molecule has 4 aliphatic carbocycles. The number of hydrogen-bond acceptors (Lipinski definition) is 4. The fourth-order valence-corrected chi connectivity index (χ4v) is 5.36. The molecule has 0 aliphatic heterocycles. The largest absolute Gasteiger partial charge is 0.332 e. The molecule has 4 saturated carbocycles. The van der Waals surface area contributed by atoms with Crippen LogP contribution in [0.5, 0.6) is 0 Å². The number of nitriles is 1. The van der Waals surface area contributed by atoms with E-state index in [0.717, 1.165) is 37.0 Å². The zero-order valence-electron chi connectivity index (χ0n) is 13.5. The van der Waals surface area contributed by atoms with Crippen molar-refractivity contribution in [3.05, 3.63) is 18.0 Å². The maximum absolute atomic E-state index is 12.3. The normalized spacial score (nSPS) is 33.0. The van der Waals surface area contributed by atoms with Crippen molar-refractivity contribution in [2.45, 2.75) is 50.6 Å². The lowest BCUT2D eigenvalue weighted by Crippen LogP contribution is -2.62. The molecule has 4 fully saturated rings. The van der Waals surface area contributed by atoms with Crippen molar-refractivity contribution in [3.8, 4) is 6.07 Å². The molecular weight excluding hydrogens is 306 g/mol. The number of rotatable bonds is 3. The second kappa shape index (κ2) is 5.62. The number of carbonyl (C=O) groups is 2. The van der Waals surface area contributed by atoms with Crippen molar-refractivity contribution in [3.63, 3.8) is 0 Å². The highest BCUT2D eigenvalue weighted by Crippen LogP contribution is 2.55. The highest BCUT2D eigenvalue weighted by molar-refractivity contribution is 5.94. The van der Waals surface area contributed by atoms with E-state index in [1.54, 1.807) is 0 Å². The number of imide groups is 1. The Morgan fingerprint density at radius 3 is 2.42 bits per heavy atom. The molecule has 1 aromatic rings. The van der Waals surface area contributed by atoms with Gasteiger partial charge in [0.15, 0.2) is 0 Å². The van der Waals surface area contributed by atoms with Gasteiger partial charge in [0.05, 0.1) is 11.8 Å². The predicted octanol–water partition coefficient (Wildman–Crippen LogP) is 1.55. The molecule has 24 heavy (non-hydrogen) atoms. The molecule has 7 heteroatoms. The highest BCUT2D eigenvalue weighted by atomic mass is 16.2. The van der Waals surface area contributed by atoms with Crippen LogP contribution in [0, 0.1) is 29.1 Å². The Morgan fingerprint density at radius 1 is 1.25 bits per heavy atom. The first-order valence-corrected chi connectivity index (χ1v) is 8.58. The summed E-state index contributed by atoms with van der Waals surface area (Å²) in [5.74, 6) is 1.78. The van der Waals surface area contributed by atoms with Gasteiger partial charge in [0.2, 0.25) is 5.91 Å². The van der Waals surface area contributed by atoms with Gasteiger partial charge in [-0.05, 0) is 56.3 Å². The van der Waals surface area contributed by atoms with Crippen LogP contribution in [0.2, 0.25) is 0 Å². The van der Waals surface area contributed by atoms with Gasteiger partial charge in [0.25, 0.3) is 0 Å². The van der Waals surface area contributed by atoms with Gasteiger partial charge < -0.3 is 5.32 Å². The predicted molar refractivity (Wildman–Crippen MR) is 84.5 cm³/mol. The Labute approximate surface area is 140 Å². The van der Waals surface area contributed by atoms with Crippen molar-refractivity contribution in [2.75, 3.05) is 0 Å². The standard InChI is InChI=1S/C17H21N5O2/c18-7-14-8-19-22(9-14)10-15(23)20-16(24)21-17-4-11-1-12(5-17)3-13(2-11)6-17/h8-9,11-13H,1-6,10H2,(H2,20,21,23,24). The van der Waals surface area contributed by atoms with E-state index in [2.05, 4.69) is 15.7 Å². The van der Waals surface area contributed by atoms with Crippen molar-refractivity contribution in [2.24, 2.45) is 17.8 Å². The molecule has 7 nitrogen and oxygen atoms in total. The molecule has 4 bridgehead atoms. The van der Waals surface area contributed by atoms with Gasteiger partial charge >= 0.3 is 6.03 Å². The molecule has 1 aromatic heterocycles. The maximum atomic E-state index is 12.3. The van der Waals surface area contributed by atoms with Crippen LogP contribution in [-0.4, -0.2) is 27.3 Å². The maximum Gasteiger partial charge on any atom is 0.321 e. The number of carbonyl (C=O) groups excluding carboxylic acids is 2. The minimum absolute atomic E-state index is 0.0734. The third-order valence-corrected chi connectivity index (χ3v) is 5.74. The van der Waals surface area contributed by atoms with Gasteiger partial charge in [-0.15, -0.1) is 0 Å². The molecule has 2 N–H and O–H groups in total. The SMILES string of the molecule is N#Cc1cnn(CC(=O)NC(=O)NC23CC4CC(CC(C4)C2)C3)c1. The molecule has 126 valence electrons. The highest BCUT2D eigenvalue weighted by Gasteiger charge is 2.51. The van der Waals surface area contributed by atoms with Crippen LogP contribution >= 0.6 is 0 Å². The third kappa shape index (κ3) is 2.88. The number of nitrogens with one attached hydrogen (secondary N) is 2. The van der Waals surface area contributed by atoms with Crippen LogP contribution in [0.1, 0.15) is 44.1 Å². The molecule has 0 spiro atoms. The number of aromatic nitrogens is 2. The molecule has 4 aliphatic rings. The van der Waals surface area contributed by atoms with E-state index in [1.807, 2.05) is 6.07 Å². The summed E-state index contributed by atoms with van der Waals surface area (Å²) < 4.78 is 1.35. The van der Waals surface area contributed by atoms with Crippen molar-refractivity contribution in [1.29, 1.82) is 5.26 Å². The van der Waals surface area contributed by atoms with Gasteiger partial charge in [-0.25, -0.2) is 4.79 Å². The number of amides is 3. The van der Waals surface area contributed by atoms with E-state index in [4.69, 9.17) is 5.26 Å². The Bertz CT molecular complexity index is 682. The lowest BCUT2D eigenvalue weighted by Gasteiger charge is -2.56. The summed E-state index contributed by atoms with van der Waals surface area (Å²) >= 11 is 0. The second-order valence-electron chi connectivity index (χ2n) is 7.74. The average molecular weight is 327 g/mol. The van der Waals surface area contributed by atoms with Gasteiger partial charge in [-0.2, -0.15) is 10.4 Å². The van der Waals surface area contributed by atoms with Crippen LogP contribution in [0.4, 0.5) is 4.79 Å². The van der Waals surface area contributed by atoms with E-state index in [1.165, 1.54) is 36.3 Å². The first-order chi connectivity index (χ1) is 11.5. The zero-order valence-corrected chi connectivity index (χ0v) is 13.5. The van der Waals surface area contributed by atoms with E-state index in [0.29, 0.717) is 5.56 Å². The smallest absolute Gasteiger partial charge is 0.321 e. The zero-order chi connectivity index (χ0) is 16.7. The molecule has 3 amide bonds. The summed E-state index contributed by atoms with van der Waals surface area (Å²) in [6, 6.07) is 1.54. The van der Waals surface area contributed by atoms with Gasteiger partial charge in [-0.3, -0.25) is 14.8 Å². The van der Waals surface area contributed by atoms with Crippen LogP contribution in [0.25, 0.3) is 0 Å². The van der Waals surface area contributed by atoms with Gasteiger partial charge in [-0.1, -0.05) is 0 Å². The Balaban J connectivity index is 1.33. The minimum atomic E-state index is -0.426. The van der Waals surface area contributed by atoms with E-state index in [9.17, 15) is 9.59 Å². The fourth-order valence-electron chi connectivity index (χ4n) is 5.36. The average Bonchev–Trinajstić information content (AvgIpc) is 2.92. The number of urea groups is 1. The monoisotopic (exact) mass is 327 g/mol. The van der Waals surface area contributed by atoms with E-state index in [-0.39, 0.29) is 12.1 Å². The second-order valence-corrected chi connectivity index (χ2v) is 7.74. The summed E-state index contributed by atoms with van der Waals surface area (Å²) in [5.41, 5.74) is 0.277. The van der Waals surface area contributed by atoms with E-state index < -0.39 is 11.9 Å². The van der Waals surface area contributed by atoms with Crippen LogP contribution in [-0.2, 0) is 11.3 Å². The molecule has 1 heterocycles. The fraction of sp³-hybridized carbons (Fsp3) is 0.647. The molecule has 0 saturated heterocycles. The third-order valence-electron chi connectivity index (χ3n) is 5.74. The van der Waals surface area contributed by atoms with Crippen LogP contribution < -0.4 is 10.6 Å². The summed E-state index contributed by atoms with van der Waals surface area (Å²) in [6.45, 7) is -0.0734. The Hall–Kier alpha value is -2.36. The minimum Gasteiger partial charge on any atom is -0.332 e. The van der Waals surface area contributed by atoms with Crippen LogP contribution in [0.15, 0.2) is 12.4 Å². The number of hydrogen-bond donors (Lipinski definition) is 2. The van der Waals surface area contributed by atoms with E-state index >= 15 is 0 Å². The summed E-state index contributed by atoms with van der Waals surface area (Å²) in [6.07, 6.45) is 9.94. The lowest BCUT2D eigenvalue weighted by atomic mass is 9.53. The molecule has 0 unspecified atom stereocenters. The molecule has 0 aromatic carbocycles. The van der Waals surface area contributed by atoms with Crippen molar-refractivity contribution < 1.29 is 9.59 Å². The Morgan fingerprint density at radius 2 is 1.88 bits per heavy atom.